The SMILES string of the molecule is COc1ccc(CC(Br)CS(C)(=O)=O)cc1OC. The van der Waals surface area contributed by atoms with E-state index in [1.54, 1.807) is 14.2 Å². The first-order valence-corrected chi connectivity index (χ1v) is 8.36. The number of alkyl halides is 1. The number of rotatable bonds is 6. The lowest BCUT2D eigenvalue weighted by Gasteiger charge is -2.12. The van der Waals surface area contributed by atoms with Crippen molar-refractivity contribution in [2.45, 2.75) is 11.2 Å². The molecule has 1 rings (SSSR count). The molecule has 0 bridgehead atoms. The van der Waals surface area contributed by atoms with Crippen molar-refractivity contribution in [3.63, 3.8) is 0 Å². The van der Waals surface area contributed by atoms with Crippen molar-refractivity contribution in [3.05, 3.63) is 23.8 Å². The van der Waals surface area contributed by atoms with Crippen LogP contribution < -0.4 is 9.47 Å². The summed E-state index contributed by atoms with van der Waals surface area (Å²) in [5, 5.41) is 0. The van der Waals surface area contributed by atoms with Crippen molar-refractivity contribution < 1.29 is 17.9 Å². The summed E-state index contributed by atoms with van der Waals surface area (Å²) in [6, 6.07) is 5.57. The Bertz CT molecular complexity index is 499. The summed E-state index contributed by atoms with van der Waals surface area (Å²) in [5.74, 6) is 1.42. The van der Waals surface area contributed by atoms with Gasteiger partial charge in [0, 0.05) is 11.1 Å². The van der Waals surface area contributed by atoms with E-state index in [-0.39, 0.29) is 10.6 Å². The molecule has 0 radical (unpaired) electrons. The van der Waals surface area contributed by atoms with Crippen molar-refractivity contribution in [2.24, 2.45) is 0 Å². The molecule has 18 heavy (non-hydrogen) atoms. The molecule has 6 heteroatoms. The molecule has 0 saturated heterocycles. The molecule has 0 aliphatic carbocycles. The molecular formula is C12H17BrO4S. The minimum Gasteiger partial charge on any atom is -0.493 e. The summed E-state index contributed by atoms with van der Waals surface area (Å²) in [6.07, 6.45) is 1.85. The predicted molar refractivity (Wildman–Crippen MR) is 75.7 cm³/mol. The van der Waals surface area contributed by atoms with Crippen LogP contribution in [0.15, 0.2) is 18.2 Å². The van der Waals surface area contributed by atoms with E-state index in [2.05, 4.69) is 15.9 Å². The molecule has 0 aliphatic rings. The summed E-state index contributed by atoms with van der Waals surface area (Å²) < 4.78 is 32.7. The lowest BCUT2D eigenvalue weighted by atomic mass is 10.1. The van der Waals surface area contributed by atoms with Crippen LogP contribution in [0.3, 0.4) is 0 Å². The third-order valence-corrected chi connectivity index (χ3v) is 4.47. The second kappa shape index (κ2) is 6.43. The molecule has 0 fully saturated rings. The van der Waals surface area contributed by atoms with Gasteiger partial charge in [-0.1, -0.05) is 22.0 Å². The smallest absolute Gasteiger partial charge is 0.160 e. The van der Waals surface area contributed by atoms with E-state index in [1.165, 1.54) is 6.26 Å². The van der Waals surface area contributed by atoms with Crippen LogP contribution in [0.4, 0.5) is 0 Å². The number of ether oxygens (including phenoxy) is 2. The molecule has 0 N–H and O–H groups in total. The molecule has 0 aliphatic heterocycles. The monoisotopic (exact) mass is 336 g/mol. The van der Waals surface area contributed by atoms with Crippen LogP contribution in [-0.2, 0) is 16.3 Å². The van der Waals surface area contributed by atoms with Gasteiger partial charge in [-0.2, -0.15) is 0 Å². The highest BCUT2D eigenvalue weighted by Crippen LogP contribution is 2.28. The van der Waals surface area contributed by atoms with E-state index in [0.717, 1.165) is 5.56 Å². The minimum atomic E-state index is -2.97. The van der Waals surface area contributed by atoms with Gasteiger partial charge in [-0.3, -0.25) is 0 Å². The van der Waals surface area contributed by atoms with Crippen LogP contribution in [-0.4, -0.2) is 39.5 Å². The normalized spacial score (nSPS) is 13.1. The number of hydrogen-bond acceptors (Lipinski definition) is 4. The molecule has 0 saturated carbocycles. The average molecular weight is 337 g/mol. The summed E-state index contributed by atoms with van der Waals surface area (Å²) in [7, 11) is 0.176. The first-order valence-electron chi connectivity index (χ1n) is 5.38. The van der Waals surface area contributed by atoms with Crippen molar-refractivity contribution in [1.29, 1.82) is 0 Å². The number of hydrogen-bond donors (Lipinski definition) is 0. The highest BCUT2D eigenvalue weighted by Gasteiger charge is 2.14. The number of methoxy groups -OCH3 is 2. The van der Waals surface area contributed by atoms with Gasteiger partial charge < -0.3 is 9.47 Å². The van der Waals surface area contributed by atoms with Gasteiger partial charge in [0.1, 0.15) is 9.84 Å². The van der Waals surface area contributed by atoms with Crippen molar-refractivity contribution in [1.82, 2.24) is 0 Å². The predicted octanol–water partition coefficient (Wildman–Crippen LogP) is 2.05. The standard InChI is InChI=1S/C12H17BrO4S/c1-16-11-5-4-9(7-12(11)17-2)6-10(13)8-18(3,14)15/h4-5,7,10H,6,8H2,1-3H3. The fourth-order valence-electron chi connectivity index (χ4n) is 1.65. The summed E-state index contributed by atoms with van der Waals surface area (Å²) in [4.78, 5) is -0.106. The molecule has 102 valence electrons. The van der Waals surface area contributed by atoms with E-state index < -0.39 is 9.84 Å². The maximum atomic E-state index is 11.2. The summed E-state index contributed by atoms with van der Waals surface area (Å²) in [5.41, 5.74) is 0.998. The Kier molecular flexibility index (Phi) is 5.47. The number of halogens is 1. The minimum absolute atomic E-state index is 0.106. The molecular weight excluding hydrogens is 320 g/mol. The number of sulfone groups is 1. The lowest BCUT2D eigenvalue weighted by molar-refractivity contribution is 0.354. The van der Waals surface area contributed by atoms with Crippen LogP contribution in [0.1, 0.15) is 5.56 Å². The zero-order valence-corrected chi connectivity index (χ0v) is 13.0. The van der Waals surface area contributed by atoms with Crippen LogP contribution in [0, 0.1) is 0 Å². The second-order valence-corrected chi connectivity index (χ2v) is 7.56. The van der Waals surface area contributed by atoms with Gasteiger partial charge in [-0.25, -0.2) is 8.42 Å². The highest BCUT2D eigenvalue weighted by molar-refractivity contribution is 9.09. The van der Waals surface area contributed by atoms with Crippen molar-refractivity contribution in [2.75, 3.05) is 26.2 Å². The fraction of sp³-hybridized carbons (Fsp3) is 0.500. The maximum Gasteiger partial charge on any atom is 0.160 e. The van der Waals surface area contributed by atoms with E-state index in [1.807, 2.05) is 18.2 Å². The van der Waals surface area contributed by atoms with E-state index in [9.17, 15) is 8.42 Å². The molecule has 1 aromatic carbocycles. The highest BCUT2D eigenvalue weighted by atomic mass is 79.9. The molecule has 1 unspecified atom stereocenters. The Labute approximate surface area is 116 Å². The van der Waals surface area contributed by atoms with E-state index in [0.29, 0.717) is 17.9 Å². The first kappa shape index (κ1) is 15.3. The lowest BCUT2D eigenvalue weighted by Crippen LogP contribution is -2.16. The molecule has 4 nitrogen and oxygen atoms in total. The second-order valence-electron chi connectivity index (χ2n) is 4.08. The Hall–Kier alpha value is -0.750. The fourth-order valence-corrected chi connectivity index (χ4v) is 4.24. The Morgan fingerprint density at radius 2 is 1.83 bits per heavy atom. The van der Waals surface area contributed by atoms with Gasteiger partial charge in [-0.15, -0.1) is 0 Å². The Morgan fingerprint density at radius 1 is 1.22 bits per heavy atom. The van der Waals surface area contributed by atoms with Crippen LogP contribution in [0.5, 0.6) is 11.5 Å². The van der Waals surface area contributed by atoms with Crippen LogP contribution >= 0.6 is 15.9 Å². The zero-order valence-electron chi connectivity index (χ0n) is 10.6. The van der Waals surface area contributed by atoms with Gasteiger partial charge in [0.2, 0.25) is 0 Å². The van der Waals surface area contributed by atoms with Gasteiger partial charge in [0.15, 0.2) is 11.5 Å². The van der Waals surface area contributed by atoms with Crippen LogP contribution in [0.2, 0.25) is 0 Å². The van der Waals surface area contributed by atoms with Crippen LogP contribution in [0.25, 0.3) is 0 Å². The van der Waals surface area contributed by atoms with E-state index >= 15 is 0 Å². The molecule has 1 atom stereocenters. The maximum absolute atomic E-state index is 11.2. The first-order chi connectivity index (χ1) is 8.35. The third-order valence-electron chi connectivity index (χ3n) is 2.39. The van der Waals surface area contributed by atoms with Crippen molar-refractivity contribution in [3.8, 4) is 11.5 Å². The largest absolute Gasteiger partial charge is 0.493 e. The molecule has 0 spiro atoms. The summed E-state index contributed by atoms with van der Waals surface area (Å²) >= 11 is 3.38. The Balaban J connectivity index is 2.79. The zero-order chi connectivity index (χ0) is 13.8. The topological polar surface area (TPSA) is 52.6 Å². The molecule has 0 heterocycles. The number of benzene rings is 1. The molecule has 0 aromatic heterocycles. The average Bonchev–Trinajstić information content (AvgIpc) is 2.26. The van der Waals surface area contributed by atoms with Gasteiger partial charge in [-0.05, 0) is 24.1 Å². The van der Waals surface area contributed by atoms with Gasteiger partial charge in [0.25, 0.3) is 0 Å². The van der Waals surface area contributed by atoms with E-state index in [4.69, 9.17) is 9.47 Å². The summed E-state index contributed by atoms with van der Waals surface area (Å²) in [6.45, 7) is 0. The quantitative estimate of drug-likeness (QED) is 0.746. The van der Waals surface area contributed by atoms with Crippen molar-refractivity contribution >= 4 is 25.8 Å². The van der Waals surface area contributed by atoms with Gasteiger partial charge >= 0.3 is 0 Å². The Morgan fingerprint density at radius 3 is 2.33 bits per heavy atom. The van der Waals surface area contributed by atoms with Gasteiger partial charge in [0.05, 0.1) is 20.0 Å². The molecule has 0 amide bonds. The molecule has 1 aromatic rings. The third kappa shape index (κ3) is 4.86.